The standard InChI is InChI=1S/C24H24N4O5/c1-14(23(30)31)11-18(26-22(29)19-13-20(25)28-21(27-19)24(32)33)12-15-7-9-17(10-8-15)16-5-3-2-4-6-16/h2-10,13-14,18H,11-12H2,1H3,(H,26,29)(H,30,31)(H,32,33)(H2,25,27,28)/t14-,18?/m1/s1. The van der Waals surface area contributed by atoms with Gasteiger partial charge in [0.15, 0.2) is 0 Å². The molecule has 0 saturated heterocycles. The van der Waals surface area contributed by atoms with Crippen molar-refractivity contribution in [1.82, 2.24) is 15.3 Å². The van der Waals surface area contributed by atoms with E-state index in [1.807, 2.05) is 54.6 Å². The molecule has 0 radical (unpaired) electrons. The van der Waals surface area contributed by atoms with Gasteiger partial charge in [0.2, 0.25) is 5.82 Å². The van der Waals surface area contributed by atoms with Crippen LogP contribution in [0.5, 0.6) is 0 Å². The van der Waals surface area contributed by atoms with Gasteiger partial charge >= 0.3 is 11.9 Å². The fourth-order valence-electron chi connectivity index (χ4n) is 3.41. The minimum absolute atomic E-state index is 0.153. The number of carboxylic acids is 2. The van der Waals surface area contributed by atoms with Crippen LogP contribution in [0.2, 0.25) is 0 Å². The van der Waals surface area contributed by atoms with Gasteiger partial charge in [0, 0.05) is 12.1 Å². The number of anilines is 1. The van der Waals surface area contributed by atoms with Gasteiger partial charge in [-0.05, 0) is 29.5 Å². The van der Waals surface area contributed by atoms with Crippen molar-refractivity contribution >= 4 is 23.7 Å². The van der Waals surface area contributed by atoms with E-state index in [1.165, 1.54) is 6.07 Å². The molecule has 33 heavy (non-hydrogen) atoms. The summed E-state index contributed by atoms with van der Waals surface area (Å²) in [4.78, 5) is 42.6. The molecular formula is C24H24N4O5. The number of aromatic carboxylic acids is 1. The summed E-state index contributed by atoms with van der Waals surface area (Å²) >= 11 is 0. The highest BCUT2D eigenvalue weighted by Gasteiger charge is 2.23. The van der Waals surface area contributed by atoms with Gasteiger partial charge in [0.05, 0.1) is 5.92 Å². The Labute approximate surface area is 190 Å². The Bertz CT molecular complexity index is 1150. The molecule has 2 aromatic carbocycles. The summed E-state index contributed by atoms with van der Waals surface area (Å²) < 4.78 is 0. The normalized spacial score (nSPS) is 12.5. The molecule has 1 amide bonds. The third-order valence-corrected chi connectivity index (χ3v) is 5.11. The molecule has 0 fully saturated rings. The second kappa shape index (κ2) is 10.4. The number of rotatable bonds is 9. The van der Waals surface area contributed by atoms with Gasteiger partial charge in [-0.3, -0.25) is 9.59 Å². The second-order valence-electron chi connectivity index (χ2n) is 7.72. The summed E-state index contributed by atoms with van der Waals surface area (Å²) in [5, 5.41) is 21.2. The Balaban J connectivity index is 1.79. The van der Waals surface area contributed by atoms with E-state index in [0.29, 0.717) is 6.42 Å². The zero-order chi connectivity index (χ0) is 24.0. The van der Waals surface area contributed by atoms with Crippen LogP contribution >= 0.6 is 0 Å². The van der Waals surface area contributed by atoms with Crippen LogP contribution in [-0.2, 0) is 11.2 Å². The molecule has 0 aliphatic rings. The van der Waals surface area contributed by atoms with Gasteiger partial charge in [0.1, 0.15) is 11.5 Å². The number of nitrogens with zero attached hydrogens (tertiary/aromatic N) is 2. The smallest absolute Gasteiger partial charge is 0.374 e. The van der Waals surface area contributed by atoms with Crippen LogP contribution in [0.3, 0.4) is 0 Å². The predicted octanol–water partition coefficient (Wildman–Crippen LogP) is 2.88. The molecule has 0 aliphatic carbocycles. The number of aromatic nitrogens is 2. The fourth-order valence-corrected chi connectivity index (χ4v) is 3.41. The number of carbonyl (C=O) groups is 3. The third-order valence-electron chi connectivity index (χ3n) is 5.11. The maximum Gasteiger partial charge on any atom is 0.374 e. The maximum absolute atomic E-state index is 12.8. The van der Waals surface area contributed by atoms with Crippen LogP contribution in [0.15, 0.2) is 60.7 Å². The molecule has 1 unspecified atom stereocenters. The zero-order valence-electron chi connectivity index (χ0n) is 17.9. The van der Waals surface area contributed by atoms with Crippen molar-refractivity contribution in [1.29, 1.82) is 0 Å². The predicted molar refractivity (Wildman–Crippen MR) is 122 cm³/mol. The molecular weight excluding hydrogens is 424 g/mol. The first kappa shape index (κ1) is 23.4. The Morgan fingerprint density at radius 3 is 2.21 bits per heavy atom. The lowest BCUT2D eigenvalue weighted by Gasteiger charge is -2.21. The number of aliphatic carboxylic acids is 1. The number of nitrogens with two attached hydrogens (primary N) is 1. The molecule has 0 spiro atoms. The average molecular weight is 448 g/mol. The van der Waals surface area contributed by atoms with Crippen molar-refractivity contribution in [2.24, 2.45) is 5.92 Å². The van der Waals surface area contributed by atoms with Crippen LogP contribution in [0, 0.1) is 5.92 Å². The Kier molecular flexibility index (Phi) is 7.34. The van der Waals surface area contributed by atoms with Crippen molar-refractivity contribution in [2.75, 3.05) is 5.73 Å². The number of hydrogen-bond acceptors (Lipinski definition) is 6. The molecule has 9 nitrogen and oxygen atoms in total. The Morgan fingerprint density at radius 2 is 1.61 bits per heavy atom. The topological polar surface area (TPSA) is 156 Å². The maximum atomic E-state index is 12.8. The molecule has 0 bridgehead atoms. The average Bonchev–Trinajstić information content (AvgIpc) is 2.79. The summed E-state index contributed by atoms with van der Waals surface area (Å²) in [6.07, 6.45) is 0.554. The number of nitrogen functional groups attached to an aromatic ring is 1. The van der Waals surface area contributed by atoms with E-state index in [4.69, 9.17) is 10.8 Å². The first-order chi connectivity index (χ1) is 15.7. The molecule has 2 atom stereocenters. The van der Waals surface area contributed by atoms with Crippen molar-refractivity contribution in [3.63, 3.8) is 0 Å². The molecule has 3 aromatic rings. The summed E-state index contributed by atoms with van der Waals surface area (Å²) in [6.45, 7) is 1.56. The molecule has 0 saturated carbocycles. The molecule has 9 heteroatoms. The number of carboxylic acid groups (broad SMARTS) is 2. The van der Waals surface area contributed by atoms with Crippen LogP contribution in [-0.4, -0.2) is 44.1 Å². The Morgan fingerprint density at radius 1 is 0.970 bits per heavy atom. The monoisotopic (exact) mass is 448 g/mol. The molecule has 3 rings (SSSR count). The lowest BCUT2D eigenvalue weighted by Crippen LogP contribution is -2.39. The zero-order valence-corrected chi connectivity index (χ0v) is 17.9. The first-order valence-corrected chi connectivity index (χ1v) is 10.3. The number of benzene rings is 2. The van der Waals surface area contributed by atoms with Crippen molar-refractivity contribution in [2.45, 2.75) is 25.8 Å². The summed E-state index contributed by atoms with van der Waals surface area (Å²) in [5.74, 6) is -4.50. The van der Waals surface area contributed by atoms with Crippen LogP contribution < -0.4 is 11.1 Å². The van der Waals surface area contributed by atoms with E-state index in [1.54, 1.807) is 6.92 Å². The van der Waals surface area contributed by atoms with E-state index in [0.717, 1.165) is 16.7 Å². The van der Waals surface area contributed by atoms with Crippen molar-refractivity contribution in [3.05, 3.63) is 77.7 Å². The number of amides is 1. The highest BCUT2D eigenvalue weighted by Crippen LogP contribution is 2.21. The number of nitrogens with one attached hydrogen (secondary N) is 1. The van der Waals surface area contributed by atoms with Gasteiger partial charge < -0.3 is 21.3 Å². The first-order valence-electron chi connectivity index (χ1n) is 10.3. The van der Waals surface area contributed by atoms with Gasteiger partial charge in [-0.25, -0.2) is 14.8 Å². The van der Waals surface area contributed by atoms with E-state index >= 15 is 0 Å². The number of hydrogen-bond donors (Lipinski definition) is 4. The van der Waals surface area contributed by atoms with E-state index < -0.39 is 35.6 Å². The fraction of sp³-hybridized carbons (Fsp3) is 0.208. The highest BCUT2D eigenvalue weighted by molar-refractivity contribution is 5.94. The summed E-state index contributed by atoms with van der Waals surface area (Å²) in [6, 6.07) is 18.3. The SMILES string of the molecule is C[C@H](CC(Cc1ccc(-c2ccccc2)cc1)NC(=O)c1cc(N)nc(C(=O)O)n1)C(=O)O. The van der Waals surface area contributed by atoms with Gasteiger partial charge in [0.25, 0.3) is 5.91 Å². The highest BCUT2D eigenvalue weighted by atomic mass is 16.4. The van der Waals surface area contributed by atoms with E-state index in [-0.39, 0.29) is 17.9 Å². The van der Waals surface area contributed by atoms with Gasteiger partial charge in [-0.2, -0.15) is 0 Å². The third kappa shape index (κ3) is 6.36. The van der Waals surface area contributed by atoms with E-state index in [9.17, 15) is 19.5 Å². The van der Waals surface area contributed by atoms with E-state index in [2.05, 4.69) is 15.3 Å². The quantitative estimate of drug-likeness (QED) is 0.389. The largest absolute Gasteiger partial charge is 0.481 e. The molecule has 170 valence electrons. The van der Waals surface area contributed by atoms with Crippen LogP contribution in [0.1, 0.15) is 40.0 Å². The minimum Gasteiger partial charge on any atom is -0.481 e. The second-order valence-corrected chi connectivity index (χ2v) is 7.72. The van der Waals surface area contributed by atoms with Crippen molar-refractivity contribution < 1.29 is 24.6 Å². The van der Waals surface area contributed by atoms with Crippen LogP contribution in [0.25, 0.3) is 11.1 Å². The minimum atomic E-state index is -1.41. The Hall–Kier alpha value is -4.27. The molecule has 0 aliphatic heterocycles. The molecule has 5 N–H and O–H groups in total. The summed E-state index contributed by atoms with van der Waals surface area (Å²) in [7, 11) is 0. The molecule has 1 heterocycles. The van der Waals surface area contributed by atoms with Gasteiger partial charge in [-0.1, -0.05) is 61.5 Å². The summed E-state index contributed by atoms with van der Waals surface area (Å²) in [5.41, 5.74) is 8.42. The van der Waals surface area contributed by atoms with Crippen molar-refractivity contribution in [3.8, 4) is 11.1 Å². The van der Waals surface area contributed by atoms with Gasteiger partial charge in [-0.15, -0.1) is 0 Å². The lowest BCUT2D eigenvalue weighted by atomic mass is 9.95. The van der Waals surface area contributed by atoms with Crippen LogP contribution in [0.4, 0.5) is 5.82 Å². The number of carbonyl (C=O) groups excluding carboxylic acids is 1. The lowest BCUT2D eigenvalue weighted by molar-refractivity contribution is -0.141. The molecule has 1 aromatic heterocycles.